The highest BCUT2D eigenvalue weighted by atomic mass is 32.1. The smallest absolute Gasteiger partial charge is 0.338 e. The Morgan fingerprint density at radius 1 is 0.905 bits per heavy atom. The van der Waals surface area contributed by atoms with E-state index in [-0.39, 0.29) is 12.0 Å². The molecular formula is C31H24N4O6S. The van der Waals surface area contributed by atoms with E-state index in [0.717, 1.165) is 5.56 Å². The molecule has 0 spiro atoms. The van der Waals surface area contributed by atoms with Crippen molar-refractivity contribution in [2.24, 2.45) is 0 Å². The van der Waals surface area contributed by atoms with Crippen LogP contribution in [-0.4, -0.2) is 40.0 Å². The number of carbonyl (C=O) groups excluding carboxylic acids is 2. The SMILES string of the molecule is CCC(OC(=O)c1ccc2nc(-c3ccco3)c(-c3ccco3)nc2c1)C(=O)Nc1nc(-c2cccc(OC)c2)cs1. The van der Waals surface area contributed by atoms with Gasteiger partial charge in [0, 0.05) is 10.9 Å². The van der Waals surface area contributed by atoms with Gasteiger partial charge in [-0.15, -0.1) is 11.3 Å². The Balaban J connectivity index is 1.20. The topological polar surface area (TPSA) is 130 Å². The number of nitrogens with zero attached hydrogens (tertiary/aromatic N) is 3. The zero-order valence-corrected chi connectivity index (χ0v) is 23.4. The van der Waals surface area contributed by atoms with Gasteiger partial charge in [0.1, 0.15) is 17.1 Å². The van der Waals surface area contributed by atoms with E-state index >= 15 is 0 Å². The van der Waals surface area contributed by atoms with Gasteiger partial charge in [0.15, 0.2) is 22.8 Å². The van der Waals surface area contributed by atoms with Crippen molar-refractivity contribution in [3.63, 3.8) is 0 Å². The molecule has 0 fully saturated rings. The van der Waals surface area contributed by atoms with Crippen LogP contribution < -0.4 is 10.1 Å². The molecule has 4 heterocycles. The standard InChI is InChI=1S/C31H24N4O6S/c1-3-24(29(36)35-31-34-23(17-42-31)18-7-4-8-20(15-18)38-2)41-30(37)19-11-12-21-22(16-19)33-28(26-10-6-14-40-26)27(32-21)25-9-5-13-39-25/h4-17,24H,3H2,1-2H3,(H,34,35,36). The molecule has 0 aliphatic rings. The zero-order chi connectivity index (χ0) is 29.1. The van der Waals surface area contributed by atoms with E-state index in [9.17, 15) is 9.59 Å². The second-order valence-corrected chi connectivity index (χ2v) is 10.00. The Bertz CT molecular complexity index is 1860. The molecule has 1 atom stereocenters. The summed E-state index contributed by atoms with van der Waals surface area (Å²) in [5.74, 6) is 0.613. The first-order valence-corrected chi connectivity index (χ1v) is 13.9. The third kappa shape index (κ3) is 5.50. The van der Waals surface area contributed by atoms with Crippen LogP contribution in [0.5, 0.6) is 5.75 Å². The van der Waals surface area contributed by atoms with Crippen molar-refractivity contribution < 1.29 is 27.9 Å². The highest BCUT2D eigenvalue weighted by molar-refractivity contribution is 7.14. The van der Waals surface area contributed by atoms with Gasteiger partial charge in [-0.3, -0.25) is 10.1 Å². The number of rotatable bonds is 9. The predicted molar refractivity (Wildman–Crippen MR) is 157 cm³/mol. The van der Waals surface area contributed by atoms with Crippen LogP contribution in [-0.2, 0) is 9.53 Å². The Labute approximate surface area is 244 Å². The van der Waals surface area contributed by atoms with Gasteiger partial charge in [-0.1, -0.05) is 19.1 Å². The fourth-order valence-corrected chi connectivity index (χ4v) is 5.03. The number of amides is 1. The molecule has 2 aromatic carbocycles. The average molecular weight is 581 g/mol. The molecule has 6 aromatic rings. The molecule has 10 nitrogen and oxygen atoms in total. The van der Waals surface area contributed by atoms with Crippen LogP contribution in [0.1, 0.15) is 23.7 Å². The van der Waals surface area contributed by atoms with Gasteiger partial charge >= 0.3 is 5.97 Å². The van der Waals surface area contributed by atoms with Crippen LogP contribution in [0.15, 0.2) is 93.5 Å². The van der Waals surface area contributed by atoms with Crippen LogP contribution >= 0.6 is 11.3 Å². The van der Waals surface area contributed by atoms with E-state index in [2.05, 4.69) is 10.3 Å². The lowest BCUT2D eigenvalue weighted by molar-refractivity contribution is -0.124. The number of nitrogens with one attached hydrogen (secondary N) is 1. The molecule has 0 bridgehead atoms. The Hall–Kier alpha value is -5.29. The number of hydrogen-bond acceptors (Lipinski definition) is 10. The van der Waals surface area contributed by atoms with Gasteiger partial charge in [-0.2, -0.15) is 0 Å². The second-order valence-electron chi connectivity index (χ2n) is 9.14. The number of methoxy groups -OCH3 is 1. The summed E-state index contributed by atoms with van der Waals surface area (Å²) in [4.78, 5) is 40.1. The Kier molecular flexibility index (Phi) is 7.48. The number of anilines is 1. The maximum absolute atomic E-state index is 13.1. The number of benzene rings is 2. The molecular weight excluding hydrogens is 556 g/mol. The van der Waals surface area contributed by atoms with Crippen molar-refractivity contribution in [2.45, 2.75) is 19.4 Å². The molecule has 0 radical (unpaired) electrons. The summed E-state index contributed by atoms with van der Waals surface area (Å²) in [5, 5.41) is 4.99. The molecule has 11 heteroatoms. The van der Waals surface area contributed by atoms with E-state index in [1.54, 1.807) is 69.0 Å². The first-order valence-electron chi connectivity index (χ1n) is 13.0. The van der Waals surface area contributed by atoms with Gasteiger partial charge in [-0.25, -0.2) is 19.7 Å². The van der Waals surface area contributed by atoms with Crippen LogP contribution in [0.25, 0.3) is 45.2 Å². The zero-order valence-electron chi connectivity index (χ0n) is 22.6. The maximum atomic E-state index is 13.1. The number of aromatic nitrogens is 3. The van der Waals surface area contributed by atoms with Crippen molar-refractivity contribution in [2.75, 3.05) is 12.4 Å². The van der Waals surface area contributed by atoms with Crippen molar-refractivity contribution in [1.29, 1.82) is 0 Å². The average Bonchev–Trinajstić information content (AvgIpc) is 3.82. The van der Waals surface area contributed by atoms with Gasteiger partial charge in [0.25, 0.3) is 5.91 Å². The molecule has 0 saturated heterocycles. The molecule has 0 aliphatic heterocycles. The maximum Gasteiger partial charge on any atom is 0.338 e. The third-order valence-electron chi connectivity index (χ3n) is 6.42. The molecule has 42 heavy (non-hydrogen) atoms. The molecule has 6 rings (SSSR count). The first-order chi connectivity index (χ1) is 20.5. The van der Waals surface area contributed by atoms with Gasteiger partial charge < -0.3 is 18.3 Å². The highest BCUT2D eigenvalue weighted by Gasteiger charge is 2.24. The van der Waals surface area contributed by atoms with Crippen LogP contribution in [0, 0.1) is 0 Å². The fraction of sp³-hybridized carbons (Fsp3) is 0.129. The number of carbonyl (C=O) groups is 2. The van der Waals surface area contributed by atoms with E-state index in [4.69, 9.17) is 28.3 Å². The number of furan rings is 2. The first kappa shape index (κ1) is 26.9. The molecule has 1 unspecified atom stereocenters. The molecule has 210 valence electrons. The van der Waals surface area contributed by atoms with Crippen molar-refractivity contribution >= 4 is 39.4 Å². The summed E-state index contributed by atoms with van der Waals surface area (Å²) in [6, 6.07) is 19.4. The normalized spacial score (nSPS) is 11.8. The predicted octanol–water partition coefficient (Wildman–Crippen LogP) is 6.86. The lowest BCUT2D eigenvalue weighted by Gasteiger charge is -2.15. The lowest BCUT2D eigenvalue weighted by Crippen LogP contribution is -2.32. The number of thiazole rings is 1. The van der Waals surface area contributed by atoms with Gasteiger partial charge in [0.05, 0.1) is 41.9 Å². The monoisotopic (exact) mass is 580 g/mol. The van der Waals surface area contributed by atoms with Gasteiger partial charge in [0.2, 0.25) is 0 Å². The summed E-state index contributed by atoms with van der Waals surface area (Å²) in [6.45, 7) is 1.76. The quantitative estimate of drug-likeness (QED) is 0.182. The van der Waals surface area contributed by atoms with Crippen molar-refractivity contribution in [3.8, 4) is 39.9 Å². The summed E-state index contributed by atoms with van der Waals surface area (Å²) in [6.07, 6.45) is 2.35. The highest BCUT2D eigenvalue weighted by Crippen LogP contribution is 2.32. The van der Waals surface area contributed by atoms with Crippen LogP contribution in [0.2, 0.25) is 0 Å². The summed E-state index contributed by atoms with van der Waals surface area (Å²) in [7, 11) is 1.60. The minimum absolute atomic E-state index is 0.230. The number of esters is 1. The molecule has 0 saturated carbocycles. The van der Waals surface area contributed by atoms with Gasteiger partial charge in [-0.05, 0) is 61.0 Å². The summed E-state index contributed by atoms with van der Waals surface area (Å²) < 4.78 is 22.0. The summed E-state index contributed by atoms with van der Waals surface area (Å²) in [5.41, 5.74) is 3.77. The number of fused-ring (bicyclic) bond motifs is 1. The van der Waals surface area contributed by atoms with E-state index in [1.165, 1.54) is 11.3 Å². The largest absolute Gasteiger partial charge is 0.497 e. The molecule has 1 amide bonds. The van der Waals surface area contributed by atoms with Crippen LogP contribution in [0.4, 0.5) is 5.13 Å². The minimum Gasteiger partial charge on any atom is -0.497 e. The lowest BCUT2D eigenvalue weighted by atomic mass is 10.1. The third-order valence-corrected chi connectivity index (χ3v) is 7.18. The second kappa shape index (κ2) is 11.7. The van der Waals surface area contributed by atoms with Crippen molar-refractivity contribution in [3.05, 3.63) is 90.2 Å². The summed E-state index contributed by atoms with van der Waals surface area (Å²) >= 11 is 1.28. The van der Waals surface area contributed by atoms with E-state index in [1.807, 2.05) is 29.6 Å². The molecule has 1 N–H and O–H groups in total. The van der Waals surface area contributed by atoms with E-state index < -0.39 is 18.0 Å². The van der Waals surface area contributed by atoms with Crippen LogP contribution in [0.3, 0.4) is 0 Å². The minimum atomic E-state index is -1.02. The number of ether oxygens (including phenoxy) is 2. The number of hydrogen-bond donors (Lipinski definition) is 1. The Morgan fingerprint density at radius 2 is 1.64 bits per heavy atom. The molecule has 0 aliphatic carbocycles. The molecule has 4 aromatic heterocycles. The van der Waals surface area contributed by atoms with Crippen molar-refractivity contribution in [1.82, 2.24) is 15.0 Å². The fourth-order valence-electron chi connectivity index (χ4n) is 4.30. The van der Waals surface area contributed by atoms with E-state index in [0.29, 0.717) is 50.5 Å². The Morgan fingerprint density at radius 3 is 2.31 bits per heavy atom.